The van der Waals surface area contributed by atoms with Crippen LogP contribution in [0.4, 0.5) is 11.4 Å². The van der Waals surface area contributed by atoms with E-state index < -0.39 is 0 Å². The molecule has 1 aromatic heterocycles. The van der Waals surface area contributed by atoms with Gasteiger partial charge in [-0.3, -0.25) is 9.59 Å². The summed E-state index contributed by atoms with van der Waals surface area (Å²) in [5.41, 5.74) is 3.53. The second-order valence-corrected chi connectivity index (χ2v) is 7.12. The quantitative estimate of drug-likeness (QED) is 0.732. The molecule has 27 heavy (non-hydrogen) atoms. The van der Waals surface area contributed by atoms with Crippen molar-refractivity contribution in [3.8, 4) is 11.3 Å². The van der Waals surface area contributed by atoms with Crippen LogP contribution >= 0.6 is 11.5 Å². The van der Waals surface area contributed by atoms with Gasteiger partial charge >= 0.3 is 0 Å². The third-order valence-corrected chi connectivity index (χ3v) is 5.07. The second-order valence-electron chi connectivity index (χ2n) is 6.51. The Labute approximate surface area is 161 Å². The van der Waals surface area contributed by atoms with Gasteiger partial charge in [-0.1, -0.05) is 28.8 Å². The maximum Gasteiger partial charge on any atom is 0.257 e. The van der Waals surface area contributed by atoms with Crippen LogP contribution in [0, 0.1) is 5.92 Å². The molecule has 7 heteroatoms. The summed E-state index contributed by atoms with van der Waals surface area (Å²) in [6, 6.07) is 14.6. The van der Waals surface area contributed by atoms with Gasteiger partial charge in [0, 0.05) is 29.6 Å². The lowest BCUT2D eigenvalue weighted by Gasteiger charge is -2.20. The van der Waals surface area contributed by atoms with Crippen molar-refractivity contribution in [1.82, 2.24) is 9.59 Å². The van der Waals surface area contributed by atoms with Crippen molar-refractivity contribution in [2.75, 3.05) is 17.3 Å². The molecule has 1 heterocycles. The van der Waals surface area contributed by atoms with Crippen LogP contribution in [0.15, 0.2) is 53.9 Å². The van der Waals surface area contributed by atoms with Crippen LogP contribution < -0.4 is 10.2 Å². The molecule has 0 saturated heterocycles. The van der Waals surface area contributed by atoms with Gasteiger partial charge in [0.05, 0.1) is 11.3 Å². The maximum atomic E-state index is 12.8. The molecule has 2 aromatic carbocycles. The Morgan fingerprint density at radius 1 is 1.11 bits per heavy atom. The molecule has 0 aliphatic heterocycles. The zero-order chi connectivity index (χ0) is 18.8. The monoisotopic (exact) mass is 378 g/mol. The fourth-order valence-corrected chi connectivity index (χ4v) is 3.36. The zero-order valence-electron chi connectivity index (χ0n) is 14.8. The Balaban J connectivity index is 1.52. The zero-order valence-corrected chi connectivity index (χ0v) is 15.6. The highest BCUT2D eigenvalue weighted by atomic mass is 32.1. The molecule has 4 rings (SSSR count). The fraction of sp³-hybridized carbons (Fsp3) is 0.200. The van der Waals surface area contributed by atoms with Gasteiger partial charge in [0.25, 0.3) is 5.91 Å². The highest BCUT2D eigenvalue weighted by molar-refractivity contribution is 7.03. The van der Waals surface area contributed by atoms with E-state index in [-0.39, 0.29) is 17.7 Å². The van der Waals surface area contributed by atoms with Crippen molar-refractivity contribution in [3.05, 3.63) is 59.5 Å². The summed E-state index contributed by atoms with van der Waals surface area (Å²) in [5, 5.41) is 8.81. The fourth-order valence-electron chi connectivity index (χ4n) is 2.89. The number of anilines is 2. The SMILES string of the molecule is CN(C(=O)C1CC1)c1ccccc1C(=O)Nc1ccc(-c2csnn2)cc1. The first kappa shape index (κ1) is 17.4. The summed E-state index contributed by atoms with van der Waals surface area (Å²) in [7, 11) is 1.73. The van der Waals surface area contributed by atoms with E-state index in [0.29, 0.717) is 16.9 Å². The standard InChI is InChI=1S/C20H18N4O2S/c1-24(20(26)14-6-7-14)18-5-3-2-4-16(18)19(25)21-15-10-8-13(9-11-15)17-12-27-23-22-17/h2-5,8-12,14H,6-7H2,1H3,(H,21,25). The maximum absolute atomic E-state index is 12.8. The van der Waals surface area contributed by atoms with Gasteiger partial charge in [-0.15, -0.1) is 5.10 Å². The summed E-state index contributed by atoms with van der Waals surface area (Å²) in [5.74, 6) is -0.0838. The Kier molecular flexibility index (Phi) is 4.68. The van der Waals surface area contributed by atoms with Gasteiger partial charge in [0.2, 0.25) is 5.91 Å². The number of rotatable bonds is 5. The minimum atomic E-state index is -0.246. The van der Waals surface area contributed by atoms with E-state index in [9.17, 15) is 9.59 Å². The van der Waals surface area contributed by atoms with Crippen LogP contribution in [0.5, 0.6) is 0 Å². The number of nitrogens with one attached hydrogen (secondary N) is 1. The van der Waals surface area contributed by atoms with Crippen molar-refractivity contribution in [3.63, 3.8) is 0 Å². The van der Waals surface area contributed by atoms with Crippen molar-refractivity contribution in [1.29, 1.82) is 0 Å². The third-order valence-electron chi connectivity index (χ3n) is 4.57. The summed E-state index contributed by atoms with van der Waals surface area (Å²) in [6.45, 7) is 0. The van der Waals surface area contributed by atoms with Crippen LogP contribution in [0.2, 0.25) is 0 Å². The number of carbonyl (C=O) groups is 2. The summed E-state index contributed by atoms with van der Waals surface area (Å²) < 4.78 is 3.86. The third kappa shape index (κ3) is 3.73. The average Bonchev–Trinajstić information content (AvgIpc) is 3.41. The minimum absolute atomic E-state index is 0.0662. The van der Waals surface area contributed by atoms with Crippen LogP contribution in [-0.4, -0.2) is 28.4 Å². The molecule has 3 aromatic rings. The van der Waals surface area contributed by atoms with Gasteiger partial charge in [0.1, 0.15) is 5.69 Å². The lowest BCUT2D eigenvalue weighted by molar-refractivity contribution is -0.119. The van der Waals surface area contributed by atoms with E-state index in [4.69, 9.17) is 0 Å². The van der Waals surface area contributed by atoms with Gasteiger partial charge in [0.15, 0.2) is 0 Å². The summed E-state index contributed by atoms with van der Waals surface area (Å²) >= 11 is 1.30. The molecule has 136 valence electrons. The number of hydrogen-bond acceptors (Lipinski definition) is 5. The molecule has 2 amide bonds. The molecule has 0 spiro atoms. The molecule has 6 nitrogen and oxygen atoms in total. The Bertz CT molecular complexity index is 966. The lowest BCUT2D eigenvalue weighted by atomic mass is 10.1. The second kappa shape index (κ2) is 7.28. The summed E-state index contributed by atoms with van der Waals surface area (Å²) in [4.78, 5) is 26.8. The smallest absolute Gasteiger partial charge is 0.257 e. The number of benzene rings is 2. The molecule has 1 aliphatic carbocycles. The van der Waals surface area contributed by atoms with Crippen molar-refractivity contribution in [2.45, 2.75) is 12.8 Å². The number of carbonyl (C=O) groups excluding carboxylic acids is 2. The predicted octanol–water partition coefficient (Wildman–Crippen LogP) is 3.83. The van der Waals surface area contributed by atoms with Crippen LogP contribution in [-0.2, 0) is 4.79 Å². The van der Waals surface area contributed by atoms with Gasteiger partial charge in [-0.2, -0.15) is 0 Å². The van der Waals surface area contributed by atoms with E-state index in [2.05, 4.69) is 14.9 Å². The molecule has 0 radical (unpaired) electrons. The molecule has 1 aliphatic rings. The van der Waals surface area contributed by atoms with Crippen molar-refractivity contribution >= 4 is 34.7 Å². The number of para-hydroxylation sites is 1. The Morgan fingerprint density at radius 2 is 1.85 bits per heavy atom. The predicted molar refractivity (Wildman–Crippen MR) is 106 cm³/mol. The van der Waals surface area contributed by atoms with Gasteiger partial charge in [-0.25, -0.2) is 0 Å². The minimum Gasteiger partial charge on any atom is -0.322 e. The largest absolute Gasteiger partial charge is 0.322 e. The van der Waals surface area contributed by atoms with E-state index in [1.807, 2.05) is 35.7 Å². The highest BCUT2D eigenvalue weighted by Crippen LogP contribution is 2.33. The number of amides is 2. The van der Waals surface area contributed by atoms with Crippen molar-refractivity contribution in [2.24, 2.45) is 5.92 Å². The molecule has 0 atom stereocenters. The average molecular weight is 378 g/mol. The first-order valence-electron chi connectivity index (χ1n) is 8.69. The van der Waals surface area contributed by atoms with E-state index in [1.54, 1.807) is 30.1 Å². The van der Waals surface area contributed by atoms with Gasteiger partial charge in [-0.05, 0) is 48.6 Å². The molecule has 0 bridgehead atoms. The van der Waals surface area contributed by atoms with Gasteiger partial charge < -0.3 is 10.2 Å². The lowest BCUT2D eigenvalue weighted by Crippen LogP contribution is -2.29. The Hall–Kier alpha value is -3.06. The van der Waals surface area contributed by atoms with Crippen molar-refractivity contribution < 1.29 is 9.59 Å². The van der Waals surface area contributed by atoms with E-state index in [0.717, 1.165) is 24.1 Å². The molecular weight excluding hydrogens is 360 g/mol. The van der Waals surface area contributed by atoms with Crippen LogP contribution in [0.3, 0.4) is 0 Å². The molecule has 0 unspecified atom stereocenters. The van der Waals surface area contributed by atoms with Crippen LogP contribution in [0.25, 0.3) is 11.3 Å². The van der Waals surface area contributed by atoms with E-state index >= 15 is 0 Å². The number of nitrogens with zero attached hydrogens (tertiary/aromatic N) is 3. The topological polar surface area (TPSA) is 75.2 Å². The summed E-state index contributed by atoms with van der Waals surface area (Å²) in [6.07, 6.45) is 1.86. The van der Waals surface area contributed by atoms with E-state index in [1.165, 1.54) is 11.5 Å². The molecule has 1 N–H and O–H groups in total. The molecule has 1 saturated carbocycles. The Morgan fingerprint density at radius 3 is 2.52 bits per heavy atom. The number of hydrogen-bond donors (Lipinski definition) is 1. The highest BCUT2D eigenvalue weighted by Gasteiger charge is 2.33. The normalized spacial score (nSPS) is 13.2. The number of aromatic nitrogens is 2. The molecule has 1 fully saturated rings. The first-order valence-corrected chi connectivity index (χ1v) is 9.52. The first-order chi connectivity index (χ1) is 13.1. The molecular formula is C20H18N4O2S. The van der Waals surface area contributed by atoms with Crippen LogP contribution in [0.1, 0.15) is 23.2 Å².